The van der Waals surface area contributed by atoms with Gasteiger partial charge < -0.3 is 14.4 Å². The number of hydrogen-bond donors (Lipinski definition) is 0. The number of amides is 1. The third kappa shape index (κ3) is 6.05. The van der Waals surface area contributed by atoms with E-state index in [1.165, 1.54) is 17.0 Å². The molecule has 0 radical (unpaired) electrons. The number of nitro groups is 1. The van der Waals surface area contributed by atoms with Crippen LogP contribution in [0.15, 0.2) is 78.9 Å². The Labute approximate surface area is 181 Å². The summed E-state index contributed by atoms with van der Waals surface area (Å²) < 4.78 is 11.3. The molecule has 0 aliphatic carbocycles. The Balaban J connectivity index is 1.51. The molecule has 3 aromatic carbocycles. The highest BCUT2D eigenvalue weighted by Gasteiger charge is 2.19. The fourth-order valence-corrected chi connectivity index (χ4v) is 2.96. The van der Waals surface area contributed by atoms with E-state index in [9.17, 15) is 14.9 Å². The third-order valence-corrected chi connectivity index (χ3v) is 4.97. The van der Waals surface area contributed by atoms with Crippen molar-refractivity contribution in [2.75, 3.05) is 13.7 Å². The number of non-ortho nitro benzene ring substituents is 1. The maximum Gasteiger partial charge on any atom is 0.269 e. The van der Waals surface area contributed by atoms with E-state index < -0.39 is 4.92 Å². The van der Waals surface area contributed by atoms with E-state index >= 15 is 0 Å². The van der Waals surface area contributed by atoms with Crippen molar-refractivity contribution in [3.8, 4) is 11.5 Å². The van der Waals surface area contributed by atoms with Gasteiger partial charge in [-0.25, -0.2) is 0 Å². The van der Waals surface area contributed by atoms with Crippen LogP contribution in [-0.4, -0.2) is 29.4 Å². The average Bonchev–Trinajstić information content (AvgIpc) is 2.81. The highest BCUT2D eigenvalue weighted by atomic mass is 16.6. The van der Waals surface area contributed by atoms with Crippen LogP contribution in [0.1, 0.15) is 24.1 Å². The number of benzene rings is 3. The lowest BCUT2D eigenvalue weighted by Gasteiger charge is -2.25. The second kappa shape index (κ2) is 10.2. The molecule has 0 aliphatic rings. The molecule has 0 spiro atoms. The van der Waals surface area contributed by atoms with Crippen LogP contribution >= 0.6 is 0 Å². The lowest BCUT2D eigenvalue weighted by molar-refractivity contribution is -0.384. The van der Waals surface area contributed by atoms with E-state index in [4.69, 9.17) is 9.47 Å². The predicted octanol–water partition coefficient (Wildman–Crippen LogP) is 4.77. The van der Waals surface area contributed by atoms with Crippen LogP contribution in [0.2, 0.25) is 0 Å². The van der Waals surface area contributed by atoms with Crippen molar-refractivity contribution in [3.05, 3.63) is 100 Å². The van der Waals surface area contributed by atoms with Crippen molar-refractivity contribution in [1.82, 2.24) is 4.90 Å². The highest BCUT2D eigenvalue weighted by molar-refractivity contribution is 5.78. The molecular weight excluding hydrogens is 396 g/mol. The van der Waals surface area contributed by atoms with Gasteiger partial charge in [0.2, 0.25) is 0 Å². The van der Waals surface area contributed by atoms with Gasteiger partial charge in [0.1, 0.15) is 18.1 Å². The van der Waals surface area contributed by atoms with Crippen molar-refractivity contribution in [1.29, 1.82) is 0 Å². The van der Waals surface area contributed by atoms with E-state index in [0.717, 1.165) is 5.56 Å². The van der Waals surface area contributed by atoms with Gasteiger partial charge in [-0.15, -0.1) is 0 Å². The van der Waals surface area contributed by atoms with Gasteiger partial charge in [0.05, 0.1) is 11.0 Å². The molecule has 1 amide bonds. The van der Waals surface area contributed by atoms with E-state index in [-0.39, 0.29) is 24.2 Å². The first-order valence-electron chi connectivity index (χ1n) is 9.83. The summed E-state index contributed by atoms with van der Waals surface area (Å²) in [5, 5.41) is 11.0. The van der Waals surface area contributed by atoms with Gasteiger partial charge in [-0.05, 0) is 42.3 Å². The SMILES string of the molecule is C[C@@H](c1cccc([N+](=O)[O-])c1)N(C)C(=O)COc1ccc(OCc2ccccc2)cc1. The maximum absolute atomic E-state index is 12.5. The highest BCUT2D eigenvalue weighted by Crippen LogP contribution is 2.23. The molecule has 3 rings (SSSR count). The van der Waals surface area contributed by atoms with Crippen LogP contribution in [0.5, 0.6) is 11.5 Å². The van der Waals surface area contributed by atoms with E-state index in [1.807, 2.05) is 37.3 Å². The molecule has 0 fully saturated rings. The molecule has 31 heavy (non-hydrogen) atoms. The van der Waals surface area contributed by atoms with Crippen LogP contribution in [0, 0.1) is 10.1 Å². The van der Waals surface area contributed by atoms with Gasteiger partial charge >= 0.3 is 0 Å². The van der Waals surface area contributed by atoms with E-state index in [1.54, 1.807) is 43.4 Å². The van der Waals surface area contributed by atoms with Gasteiger partial charge in [-0.3, -0.25) is 14.9 Å². The lowest BCUT2D eigenvalue weighted by Crippen LogP contribution is -2.33. The quantitative estimate of drug-likeness (QED) is 0.368. The molecule has 160 valence electrons. The number of nitro benzene ring substituents is 1. The molecule has 0 saturated heterocycles. The molecule has 7 nitrogen and oxygen atoms in total. The van der Waals surface area contributed by atoms with E-state index in [0.29, 0.717) is 23.7 Å². The summed E-state index contributed by atoms with van der Waals surface area (Å²) in [5.41, 5.74) is 1.76. The Morgan fingerprint density at radius 3 is 2.26 bits per heavy atom. The summed E-state index contributed by atoms with van der Waals surface area (Å²) in [4.78, 5) is 24.6. The molecule has 0 N–H and O–H groups in total. The monoisotopic (exact) mass is 420 g/mol. The molecular formula is C24H24N2O5. The summed E-state index contributed by atoms with van der Waals surface area (Å²) in [6, 6.07) is 22.9. The van der Waals surface area contributed by atoms with Gasteiger partial charge in [0, 0.05) is 19.2 Å². The molecule has 7 heteroatoms. The van der Waals surface area contributed by atoms with Gasteiger partial charge in [-0.1, -0.05) is 42.5 Å². The first-order valence-corrected chi connectivity index (χ1v) is 9.83. The normalized spacial score (nSPS) is 11.4. The zero-order valence-electron chi connectivity index (χ0n) is 17.4. The molecule has 0 unspecified atom stereocenters. The Hall–Kier alpha value is -3.87. The van der Waals surface area contributed by atoms with Crippen LogP contribution in [-0.2, 0) is 11.4 Å². The minimum Gasteiger partial charge on any atom is -0.489 e. The number of rotatable bonds is 9. The smallest absolute Gasteiger partial charge is 0.269 e. The van der Waals surface area contributed by atoms with Crippen molar-refractivity contribution >= 4 is 11.6 Å². The first-order chi connectivity index (χ1) is 14.9. The fraction of sp³-hybridized carbons (Fsp3) is 0.208. The topological polar surface area (TPSA) is 81.9 Å². The molecule has 3 aromatic rings. The predicted molar refractivity (Wildman–Crippen MR) is 117 cm³/mol. The Kier molecular flexibility index (Phi) is 7.22. The Morgan fingerprint density at radius 1 is 0.968 bits per heavy atom. The van der Waals surface area contributed by atoms with E-state index in [2.05, 4.69) is 0 Å². The van der Waals surface area contributed by atoms with Gasteiger partial charge in [0.15, 0.2) is 6.61 Å². The second-order valence-electron chi connectivity index (χ2n) is 7.07. The van der Waals surface area contributed by atoms with Crippen LogP contribution in [0.25, 0.3) is 0 Å². The molecule has 0 saturated carbocycles. The molecule has 0 bridgehead atoms. The lowest BCUT2D eigenvalue weighted by atomic mass is 10.1. The number of carbonyl (C=O) groups is 1. The molecule has 0 aliphatic heterocycles. The standard InChI is InChI=1S/C24H24N2O5/c1-18(20-9-6-10-21(15-20)26(28)29)25(2)24(27)17-31-23-13-11-22(12-14-23)30-16-19-7-4-3-5-8-19/h3-15,18H,16-17H2,1-2H3/t18-/m0/s1. The van der Waals surface area contributed by atoms with Gasteiger partial charge in [-0.2, -0.15) is 0 Å². The van der Waals surface area contributed by atoms with Crippen LogP contribution < -0.4 is 9.47 Å². The summed E-state index contributed by atoms with van der Waals surface area (Å²) in [6.07, 6.45) is 0. The summed E-state index contributed by atoms with van der Waals surface area (Å²) in [5.74, 6) is 1.03. The molecule has 0 heterocycles. The number of hydrogen-bond acceptors (Lipinski definition) is 5. The van der Waals surface area contributed by atoms with Crippen molar-refractivity contribution < 1.29 is 19.2 Å². The third-order valence-electron chi connectivity index (χ3n) is 4.97. The summed E-state index contributed by atoms with van der Waals surface area (Å²) in [6.45, 7) is 2.15. The number of nitrogens with zero attached hydrogens (tertiary/aromatic N) is 2. The number of likely N-dealkylation sites (N-methyl/N-ethyl adjacent to an activating group) is 1. The summed E-state index contributed by atoms with van der Waals surface area (Å²) >= 11 is 0. The average molecular weight is 420 g/mol. The summed E-state index contributed by atoms with van der Waals surface area (Å²) in [7, 11) is 1.65. The molecule has 0 aromatic heterocycles. The first kappa shape index (κ1) is 21.8. The zero-order valence-corrected chi connectivity index (χ0v) is 17.4. The van der Waals surface area contributed by atoms with Crippen molar-refractivity contribution in [2.24, 2.45) is 0 Å². The van der Waals surface area contributed by atoms with Gasteiger partial charge in [0.25, 0.3) is 11.6 Å². The van der Waals surface area contributed by atoms with Crippen LogP contribution in [0.4, 0.5) is 5.69 Å². The Morgan fingerprint density at radius 2 is 1.61 bits per heavy atom. The second-order valence-corrected chi connectivity index (χ2v) is 7.07. The largest absolute Gasteiger partial charge is 0.489 e. The number of carbonyl (C=O) groups excluding carboxylic acids is 1. The minimum absolute atomic E-state index is 0.00368. The van der Waals surface area contributed by atoms with Crippen molar-refractivity contribution in [3.63, 3.8) is 0 Å². The number of ether oxygens (including phenoxy) is 2. The Bertz CT molecular complexity index is 1020. The zero-order chi connectivity index (χ0) is 22.2. The maximum atomic E-state index is 12.5. The molecule has 1 atom stereocenters. The van der Waals surface area contributed by atoms with Crippen LogP contribution in [0.3, 0.4) is 0 Å². The fourth-order valence-electron chi connectivity index (χ4n) is 2.96. The minimum atomic E-state index is -0.450. The van der Waals surface area contributed by atoms with Crippen molar-refractivity contribution in [2.45, 2.75) is 19.6 Å².